The van der Waals surface area contributed by atoms with E-state index in [-0.39, 0.29) is 11.9 Å². The number of carbonyl (C=O) groups excluding carboxylic acids is 1. The summed E-state index contributed by atoms with van der Waals surface area (Å²) in [6.07, 6.45) is -3.04. The lowest BCUT2D eigenvalue weighted by atomic mass is 10.0. The molecule has 2 heterocycles. The van der Waals surface area contributed by atoms with Crippen molar-refractivity contribution in [2.24, 2.45) is 5.92 Å². The summed E-state index contributed by atoms with van der Waals surface area (Å²) in [5.41, 5.74) is -0.469. The van der Waals surface area contributed by atoms with Crippen molar-refractivity contribution in [1.82, 2.24) is 30.2 Å². The number of alkyl halides is 6. The minimum atomic E-state index is -4.99. The summed E-state index contributed by atoms with van der Waals surface area (Å²) in [5, 5.41) is 5.29. The number of hydrazine groups is 1. The van der Waals surface area contributed by atoms with Gasteiger partial charge in [0.25, 0.3) is 5.91 Å². The maximum absolute atomic E-state index is 13.1. The fourth-order valence-electron chi connectivity index (χ4n) is 2.91. The van der Waals surface area contributed by atoms with E-state index in [2.05, 4.69) is 25.5 Å². The molecule has 3 aromatic rings. The van der Waals surface area contributed by atoms with E-state index in [0.29, 0.717) is 23.6 Å². The van der Waals surface area contributed by atoms with Gasteiger partial charge in [0, 0.05) is 25.0 Å². The average Bonchev–Trinajstić information content (AvgIpc) is 3.41. The molecule has 0 bridgehead atoms. The van der Waals surface area contributed by atoms with Crippen LogP contribution in [-0.2, 0) is 17.1 Å². The van der Waals surface area contributed by atoms with E-state index >= 15 is 0 Å². The molecule has 14 heteroatoms. The molecular formula is C19H13F6N7O. The Morgan fingerprint density at radius 2 is 1.70 bits per heavy atom. The Labute approximate surface area is 181 Å². The number of aromatic nitrogens is 5. The smallest absolute Gasteiger partial charge is 0.272 e. The quantitative estimate of drug-likeness (QED) is 0.455. The summed E-state index contributed by atoms with van der Waals surface area (Å²) < 4.78 is 79.6. The molecule has 33 heavy (non-hydrogen) atoms. The van der Waals surface area contributed by atoms with E-state index in [1.54, 1.807) is 7.05 Å². The zero-order valence-corrected chi connectivity index (χ0v) is 16.6. The zero-order chi connectivity index (χ0) is 24.0. The largest absolute Gasteiger partial charge is 0.416 e. The molecule has 172 valence electrons. The Kier molecular flexibility index (Phi) is 5.30. The minimum Gasteiger partial charge on any atom is -0.272 e. The van der Waals surface area contributed by atoms with Crippen LogP contribution < -0.4 is 10.4 Å². The van der Waals surface area contributed by atoms with Gasteiger partial charge in [0.2, 0.25) is 0 Å². The lowest BCUT2D eigenvalue weighted by Crippen LogP contribution is -2.41. The first-order valence-electron chi connectivity index (χ1n) is 9.17. The van der Waals surface area contributed by atoms with Crippen molar-refractivity contribution >= 4 is 17.4 Å². The minimum absolute atomic E-state index is 0.0257. The summed E-state index contributed by atoms with van der Waals surface area (Å²) in [4.78, 5) is 24.1. The zero-order valence-electron chi connectivity index (χ0n) is 16.6. The molecule has 0 unspecified atom stereocenters. The van der Waals surface area contributed by atoms with Gasteiger partial charge in [0.05, 0.1) is 23.0 Å². The molecule has 1 atom stereocenters. The topological polar surface area (TPSA) is 88.8 Å². The molecule has 1 aromatic carbocycles. The molecule has 1 aliphatic rings. The van der Waals surface area contributed by atoms with Gasteiger partial charge < -0.3 is 0 Å². The Morgan fingerprint density at radius 1 is 1.03 bits per heavy atom. The number of anilines is 1. The number of halogens is 6. The van der Waals surface area contributed by atoms with Crippen molar-refractivity contribution in [2.45, 2.75) is 12.4 Å². The number of benzene rings is 1. The predicted molar refractivity (Wildman–Crippen MR) is 102 cm³/mol. The van der Waals surface area contributed by atoms with E-state index < -0.39 is 40.9 Å². The monoisotopic (exact) mass is 469 g/mol. The fraction of sp³-hybridized carbons (Fsp3) is 0.211. The molecule has 4 rings (SSSR count). The number of hydrogen-bond acceptors (Lipinski definition) is 6. The molecule has 8 nitrogen and oxygen atoms in total. The molecule has 0 spiro atoms. The molecule has 1 amide bonds. The SMILES string of the molecule is CN(NC(=O)[C@@H]1C=C1n1cnc(-c2cc(C(F)(F)F)cc(C(F)(F)F)c2)n1)c1cnccn1. The molecule has 1 N–H and O–H groups in total. The number of nitrogens with zero attached hydrogens (tertiary/aromatic N) is 6. The highest BCUT2D eigenvalue weighted by atomic mass is 19.4. The Hall–Kier alpha value is -3.97. The standard InChI is InChI=1S/C19H13F6N7O/c1-31(15-8-26-2-3-27-15)30-17(33)13-7-14(13)32-9-28-16(29-32)10-4-11(18(20,21)22)6-12(5-10)19(23,24)25/h2-9,13H,1H3,(H,30,33)/t13-/m1/s1. The van der Waals surface area contributed by atoms with Crippen LogP contribution in [0, 0.1) is 5.92 Å². The first-order valence-corrected chi connectivity index (χ1v) is 9.17. The van der Waals surface area contributed by atoms with E-state index in [1.807, 2.05) is 0 Å². The summed E-state index contributed by atoms with van der Waals surface area (Å²) in [6, 6.07) is 1.10. The second kappa shape index (κ2) is 7.86. The number of carbonyl (C=O) groups is 1. The molecule has 0 fully saturated rings. The molecular weight excluding hydrogens is 456 g/mol. The third kappa shape index (κ3) is 4.78. The maximum atomic E-state index is 13.1. The molecule has 1 aliphatic carbocycles. The van der Waals surface area contributed by atoms with Gasteiger partial charge in [0.1, 0.15) is 12.2 Å². The van der Waals surface area contributed by atoms with E-state index in [4.69, 9.17) is 0 Å². The second-order valence-electron chi connectivity index (χ2n) is 6.98. The summed E-state index contributed by atoms with van der Waals surface area (Å²) in [5.74, 6) is -1.14. The van der Waals surface area contributed by atoms with Crippen molar-refractivity contribution in [1.29, 1.82) is 0 Å². The number of amides is 1. The van der Waals surface area contributed by atoms with Crippen LogP contribution >= 0.6 is 0 Å². The van der Waals surface area contributed by atoms with Crippen LogP contribution in [0.15, 0.2) is 49.2 Å². The van der Waals surface area contributed by atoms with E-state index in [0.717, 1.165) is 11.0 Å². The van der Waals surface area contributed by atoms with Gasteiger partial charge >= 0.3 is 12.4 Å². The molecule has 0 radical (unpaired) electrons. The number of rotatable bonds is 5. The highest BCUT2D eigenvalue weighted by molar-refractivity contribution is 5.98. The Morgan fingerprint density at radius 3 is 2.27 bits per heavy atom. The highest BCUT2D eigenvalue weighted by Gasteiger charge is 2.38. The van der Waals surface area contributed by atoms with Gasteiger partial charge in [-0.2, -0.15) is 26.3 Å². The van der Waals surface area contributed by atoms with Gasteiger partial charge in [-0.1, -0.05) is 0 Å². The first-order chi connectivity index (χ1) is 15.4. The Bertz CT molecular complexity index is 1190. The van der Waals surface area contributed by atoms with Crippen LogP contribution in [0.25, 0.3) is 17.1 Å². The Balaban J connectivity index is 1.51. The van der Waals surface area contributed by atoms with Crippen LogP contribution in [0.5, 0.6) is 0 Å². The summed E-state index contributed by atoms with van der Waals surface area (Å²) in [7, 11) is 1.55. The third-order valence-electron chi connectivity index (χ3n) is 4.60. The van der Waals surface area contributed by atoms with Gasteiger partial charge in [-0.25, -0.2) is 14.6 Å². The van der Waals surface area contributed by atoms with Crippen LogP contribution in [0.2, 0.25) is 0 Å². The highest BCUT2D eigenvalue weighted by Crippen LogP contribution is 2.39. The molecule has 2 aromatic heterocycles. The van der Waals surface area contributed by atoms with Crippen molar-refractivity contribution in [3.8, 4) is 11.4 Å². The molecule has 0 saturated heterocycles. The average molecular weight is 469 g/mol. The lowest BCUT2D eigenvalue weighted by Gasteiger charge is -2.18. The number of hydrogen-bond donors (Lipinski definition) is 1. The van der Waals surface area contributed by atoms with E-state index in [1.165, 1.54) is 29.7 Å². The van der Waals surface area contributed by atoms with Gasteiger partial charge in [0.15, 0.2) is 11.6 Å². The second-order valence-corrected chi connectivity index (χ2v) is 6.98. The number of nitrogens with one attached hydrogen (secondary N) is 1. The lowest BCUT2D eigenvalue weighted by molar-refractivity contribution is -0.143. The third-order valence-corrected chi connectivity index (χ3v) is 4.60. The molecule has 0 aliphatic heterocycles. The summed E-state index contributed by atoms with van der Waals surface area (Å²) >= 11 is 0. The fourth-order valence-corrected chi connectivity index (χ4v) is 2.91. The van der Waals surface area contributed by atoms with Gasteiger partial charge in [-0.3, -0.25) is 20.2 Å². The first kappa shape index (κ1) is 22.2. The molecule has 0 saturated carbocycles. The van der Waals surface area contributed by atoms with Crippen LogP contribution in [0.1, 0.15) is 11.1 Å². The van der Waals surface area contributed by atoms with Crippen molar-refractivity contribution in [2.75, 3.05) is 12.1 Å². The van der Waals surface area contributed by atoms with Crippen molar-refractivity contribution < 1.29 is 31.1 Å². The maximum Gasteiger partial charge on any atom is 0.416 e. The van der Waals surface area contributed by atoms with Crippen LogP contribution in [0.3, 0.4) is 0 Å². The summed E-state index contributed by atoms with van der Waals surface area (Å²) in [6.45, 7) is 0. The van der Waals surface area contributed by atoms with E-state index in [9.17, 15) is 31.1 Å². The van der Waals surface area contributed by atoms with Crippen LogP contribution in [-0.4, -0.2) is 37.7 Å². The van der Waals surface area contributed by atoms with Crippen molar-refractivity contribution in [3.63, 3.8) is 0 Å². The van der Waals surface area contributed by atoms with Gasteiger partial charge in [-0.15, -0.1) is 5.10 Å². The van der Waals surface area contributed by atoms with Gasteiger partial charge in [-0.05, 0) is 24.3 Å². The van der Waals surface area contributed by atoms with Crippen LogP contribution in [0.4, 0.5) is 32.2 Å². The van der Waals surface area contributed by atoms with Crippen molar-refractivity contribution in [3.05, 3.63) is 60.3 Å². The normalized spacial score (nSPS) is 15.7. The predicted octanol–water partition coefficient (Wildman–Crippen LogP) is 3.41.